The van der Waals surface area contributed by atoms with Crippen molar-refractivity contribution in [3.63, 3.8) is 0 Å². The van der Waals surface area contributed by atoms with Crippen LogP contribution in [0.5, 0.6) is 0 Å². The largest absolute Gasteiger partial charge is 0.478 e. The first-order chi connectivity index (χ1) is 10.9. The van der Waals surface area contributed by atoms with Crippen LogP contribution < -0.4 is 4.72 Å². The molecular formula is C15H14ClNO4S2. The molecule has 1 aliphatic rings. The smallest absolute Gasteiger partial charge is 0.338 e. The van der Waals surface area contributed by atoms with Gasteiger partial charge in [-0.3, -0.25) is 4.72 Å². The molecule has 8 heteroatoms. The minimum absolute atomic E-state index is 0.0495. The second-order valence-electron chi connectivity index (χ2n) is 5.30. The molecule has 0 fully saturated rings. The van der Waals surface area contributed by atoms with Gasteiger partial charge in [-0.15, -0.1) is 11.3 Å². The lowest BCUT2D eigenvalue weighted by molar-refractivity contribution is 0.0696. The van der Waals surface area contributed by atoms with Crippen LogP contribution in [0.25, 0.3) is 0 Å². The molecule has 0 aliphatic heterocycles. The maximum absolute atomic E-state index is 12.4. The zero-order valence-corrected chi connectivity index (χ0v) is 14.4. The van der Waals surface area contributed by atoms with Gasteiger partial charge in [0.15, 0.2) is 0 Å². The Labute approximate surface area is 143 Å². The average Bonchev–Trinajstić information content (AvgIpc) is 2.94. The van der Waals surface area contributed by atoms with E-state index in [-0.39, 0.29) is 15.5 Å². The molecule has 1 aromatic heterocycles. The van der Waals surface area contributed by atoms with E-state index >= 15 is 0 Å². The van der Waals surface area contributed by atoms with Crippen LogP contribution in [0.15, 0.2) is 28.5 Å². The zero-order chi connectivity index (χ0) is 16.6. The minimum Gasteiger partial charge on any atom is -0.478 e. The van der Waals surface area contributed by atoms with E-state index in [0.29, 0.717) is 10.8 Å². The number of thiophene rings is 1. The molecule has 5 nitrogen and oxygen atoms in total. The molecule has 0 bridgehead atoms. The second-order valence-corrected chi connectivity index (χ2v) is 8.93. The summed E-state index contributed by atoms with van der Waals surface area (Å²) in [6.07, 6.45) is 3.40. The summed E-state index contributed by atoms with van der Waals surface area (Å²) < 4.78 is 27.6. The lowest BCUT2D eigenvalue weighted by Crippen LogP contribution is -2.18. The van der Waals surface area contributed by atoms with Crippen molar-refractivity contribution < 1.29 is 18.3 Å². The van der Waals surface area contributed by atoms with Gasteiger partial charge in [-0.1, -0.05) is 17.7 Å². The van der Waals surface area contributed by atoms with Crippen molar-refractivity contribution >= 4 is 44.6 Å². The van der Waals surface area contributed by atoms with Crippen molar-refractivity contribution in [1.29, 1.82) is 0 Å². The standard InChI is InChI=1S/C15H14ClNO4S2/c16-12-7-8-13(22-12)23(20,21)17-11-6-5-9-3-1-2-4-10(9)14(11)15(18)19/h5-8,17H,1-4H2,(H,18,19). The molecule has 0 saturated carbocycles. The van der Waals surface area contributed by atoms with Gasteiger partial charge >= 0.3 is 5.97 Å². The Hall–Kier alpha value is -1.57. The Morgan fingerprint density at radius 2 is 1.91 bits per heavy atom. The minimum atomic E-state index is -3.85. The molecule has 23 heavy (non-hydrogen) atoms. The third-order valence-electron chi connectivity index (χ3n) is 3.80. The number of rotatable bonds is 4. The summed E-state index contributed by atoms with van der Waals surface area (Å²) in [5.41, 5.74) is 1.86. The fraction of sp³-hybridized carbons (Fsp3) is 0.267. The Morgan fingerprint density at radius 3 is 2.57 bits per heavy atom. The van der Waals surface area contributed by atoms with Gasteiger partial charge in [0.05, 0.1) is 15.6 Å². The molecule has 3 rings (SSSR count). The number of sulfonamides is 1. The summed E-state index contributed by atoms with van der Waals surface area (Å²) in [6.45, 7) is 0. The van der Waals surface area contributed by atoms with Gasteiger partial charge in [0, 0.05) is 0 Å². The summed E-state index contributed by atoms with van der Waals surface area (Å²) in [6, 6.07) is 6.22. The first kappa shape index (κ1) is 16.3. The number of carbonyl (C=O) groups is 1. The molecule has 122 valence electrons. The highest BCUT2D eigenvalue weighted by Crippen LogP contribution is 2.32. The van der Waals surface area contributed by atoms with E-state index in [1.54, 1.807) is 6.07 Å². The molecule has 0 radical (unpaired) electrons. The first-order valence-electron chi connectivity index (χ1n) is 7.05. The summed E-state index contributed by atoms with van der Waals surface area (Å²) in [5.74, 6) is -1.12. The number of aromatic carboxylic acids is 1. The van der Waals surface area contributed by atoms with Crippen LogP contribution in [-0.4, -0.2) is 19.5 Å². The van der Waals surface area contributed by atoms with Crippen molar-refractivity contribution in [3.05, 3.63) is 45.3 Å². The number of aryl methyl sites for hydroxylation is 1. The van der Waals surface area contributed by atoms with Crippen LogP contribution in [0.3, 0.4) is 0 Å². The van der Waals surface area contributed by atoms with Crippen molar-refractivity contribution in [2.24, 2.45) is 0 Å². The molecule has 0 unspecified atom stereocenters. The first-order valence-corrected chi connectivity index (χ1v) is 9.72. The van der Waals surface area contributed by atoms with Gasteiger partial charge in [-0.05, 0) is 55.0 Å². The van der Waals surface area contributed by atoms with E-state index in [1.165, 1.54) is 18.2 Å². The van der Waals surface area contributed by atoms with Crippen LogP contribution >= 0.6 is 22.9 Å². The lowest BCUT2D eigenvalue weighted by Gasteiger charge is -2.20. The summed E-state index contributed by atoms with van der Waals surface area (Å²) in [4.78, 5) is 11.7. The number of nitrogens with one attached hydrogen (secondary N) is 1. The topological polar surface area (TPSA) is 83.5 Å². The summed E-state index contributed by atoms with van der Waals surface area (Å²) in [7, 11) is -3.85. The third-order valence-corrected chi connectivity index (χ3v) is 6.89. The fourth-order valence-corrected chi connectivity index (χ4v) is 5.35. The average molecular weight is 372 g/mol. The molecule has 0 spiro atoms. The van der Waals surface area contributed by atoms with Gasteiger partial charge in [0.25, 0.3) is 10.0 Å². The number of anilines is 1. The Bertz CT molecular complexity index is 874. The van der Waals surface area contributed by atoms with Gasteiger partial charge < -0.3 is 5.11 Å². The van der Waals surface area contributed by atoms with Crippen molar-refractivity contribution in [2.45, 2.75) is 29.9 Å². The Balaban J connectivity index is 2.05. The predicted octanol–water partition coefficient (Wildman–Crippen LogP) is 3.78. The molecule has 0 saturated heterocycles. The lowest BCUT2D eigenvalue weighted by atomic mass is 9.87. The highest BCUT2D eigenvalue weighted by Gasteiger charge is 2.25. The number of hydrogen-bond acceptors (Lipinski definition) is 4. The number of benzene rings is 1. The number of halogens is 1. The molecule has 2 N–H and O–H groups in total. The van der Waals surface area contributed by atoms with E-state index in [2.05, 4.69) is 4.72 Å². The summed E-state index contributed by atoms with van der Waals surface area (Å²) in [5, 5.41) is 9.54. The van der Waals surface area contributed by atoms with Gasteiger partial charge in [0.1, 0.15) is 4.21 Å². The molecule has 0 atom stereocenters. The normalized spacial score (nSPS) is 14.3. The zero-order valence-electron chi connectivity index (χ0n) is 12.0. The Kier molecular flexibility index (Phi) is 4.35. The SMILES string of the molecule is O=C(O)c1c(NS(=O)(=O)c2ccc(Cl)s2)ccc2c1CCCC2. The summed E-state index contributed by atoms with van der Waals surface area (Å²) >= 11 is 6.70. The molecule has 0 amide bonds. The van der Waals surface area contributed by atoms with E-state index in [9.17, 15) is 18.3 Å². The van der Waals surface area contributed by atoms with Crippen LogP contribution in [0, 0.1) is 0 Å². The van der Waals surface area contributed by atoms with E-state index in [1.807, 2.05) is 0 Å². The molecular weight excluding hydrogens is 358 g/mol. The van der Waals surface area contributed by atoms with Gasteiger partial charge in [-0.25, -0.2) is 13.2 Å². The van der Waals surface area contributed by atoms with Gasteiger partial charge in [0.2, 0.25) is 0 Å². The maximum Gasteiger partial charge on any atom is 0.338 e. The van der Waals surface area contributed by atoms with Crippen LogP contribution in [0.1, 0.15) is 34.3 Å². The van der Waals surface area contributed by atoms with Gasteiger partial charge in [-0.2, -0.15) is 0 Å². The molecule has 1 aliphatic carbocycles. The number of carboxylic acid groups (broad SMARTS) is 1. The number of hydrogen-bond donors (Lipinski definition) is 2. The quantitative estimate of drug-likeness (QED) is 0.856. The maximum atomic E-state index is 12.4. The highest BCUT2D eigenvalue weighted by molar-refractivity contribution is 7.94. The fourth-order valence-electron chi connectivity index (χ4n) is 2.79. The van der Waals surface area contributed by atoms with Crippen LogP contribution in [0.2, 0.25) is 4.34 Å². The third kappa shape index (κ3) is 3.22. The van der Waals surface area contributed by atoms with Crippen LogP contribution in [-0.2, 0) is 22.9 Å². The monoisotopic (exact) mass is 371 g/mol. The number of carboxylic acids is 1. The molecule has 2 aromatic rings. The molecule has 1 heterocycles. The van der Waals surface area contributed by atoms with Crippen molar-refractivity contribution in [3.8, 4) is 0 Å². The predicted molar refractivity (Wildman–Crippen MR) is 90.2 cm³/mol. The van der Waals surface area contributed by atoms with E-state index < -0.39 is 16.0 Å². The Morgan fingerprint density at radius 1 is 1.17 bits per heavy atom. The van der Waals surface area contributed by atoms with Crippen LogP contribution in [0.4, 0.5) is 5.69 Å². The highest BCUT2D eigenvalue weighted by atomic mass is 35.5. The van der Waals surface area contributed by atoms with E-state index in [0.717, 1.165) is 41.7 Å². The molecule has 1 aromatic carbocycles. The van der Waals surface area contributed by atoms with Crippen molar-refractivity contribution in [2.75, 3.05) is 4.72 Å². The number of fused-ring (bicyclic) bond motifs is 1. The van der Waals surface area contributed by atoms with E-state index in [4.69, 9.17) is 11.6 Å². The second kappa shape index (κ2) is 6.14. The van der Waals surface area contributed by atoms with Crippen molar-refractivity contribution in [1.82, 2.24) is 0 Å².